The average molecular weight is 273 g/mol. The van der Waals surface area contributed by atoms with Crippen LogP contribution in [0.15, 0.2) is 24.4 Å². The first-order valence-electron chi connectivity index (χ1n) is 4.56. The molecule has 1 aromatic heterocycles. The highest BCUT2D eigenvalue weighted by molar-refractivity contribution is 6.34. The molecule has 0 fully saturated rings. The summed E-state index contributed by atoms with van der Waals surface area (Å²) in [6.45, 7) is 0. The molecule has 0 aliphatic heterocycles. The second-order valence-electron chi connectivity index (χ2n) is 3.17. The molecule has 1 heterocycles. The summed E-state index contributed by atoms with van der Waals surface area (Å²) in [5.74, 6) is -0.0915. The number of anilines is 3. The van der Waals surface area contributed by atoms with E-state index in [0.717, 1.165) is 0 Å². The van der Waals surface area contributed by atoms with E-state index in [1.54, 1.807) is 0 Å². The van der Waals surface area contributed by atoms with Crippen LogP contribution in [-0.2, 0) is 0 Å². The van der Waals surface area contributed by atoms with Crippen molar-refractivity contribution in [2.75, 3.05) is 11.1 Å². The summed E-state index contributed by atoms with van der Waals surface area (Å²) in [5.41, 5.74) is 5.77. The Hall–Kier alpha value is -1.59. The standard InChI is InChI=1S/C10H7Cl2FN4/c11-6-2-1-5(13)3-8(6)16-9-7(12)4-15-10(14)17-9/h1-4H,(H3,14,15,16,17). The van der Waals surface area contributed by atoms with Crippen LogP contribution < -0.4 is 11.1 Å². The van der Waals surface area contributed by atoms with Gasteiger partial charge in [-0.25, -0.2) is 9.37 Å². The summed E-state index contributed by atoms with van der Waals surface area (Å²) in [5, 5.41) is 3.40. The molecular weight excluding hydrogens is 266 g/mol. The van der Waals surface area contributed by atoms with Gasteiger partial charge in [0.25, 0.3) is 0 Å². The van der Waals surface area contributed by atoms with Crippen LogP contribution in [0.1, 0.15) is 0 Å². The number of nitrogens with one attached hydrogen (secondary N) is 1. The summed E-state index contributed by atoms with van der Waals surface area (Å²) >= 11 is 11.7. The molecule has 1 aromatic carbocycles. The fourth-order valence-corrected chi connectivity index (χ4v) is 1.49. The van der Waals surface area contributed by atoms with Crippen molar-refractivity contribution in [1.82, 2.24) is 9.97 Å². The number of nitrogens with two attached hydrogens (primary N) is 1. The first kappa shape index (κ1) is 11.9. The van der Waals surface area contributed by atoms with E-state index in [4.69, 9.17) is 28.9 Å². The highest BCUT2D eigenvalue weighted by Crippen LogP contribution is 2.28. The fourth-order valence-electron chi connectivity index (χ4n) is 1.19. The second-order valence-corrected chi connectivity index (χ2v) is 3.99. The zero-order chi connectivity index (χ0) is 12.4. The average Bonchev–Trinajstić information content (AvgIpc) is 2.28. The third-order valence-corrected chi connectivity index (χ3v) is 2.55. The molecule has 3 N–H and O–H groups in total. The molecule has 0 spiro atoms. The van der Waals surface area contributed by atoms with Gasteiger partial charge in [-0.1, -0.05) is 23.2 Å². The van der Waals surface area contributed by atoms with Gasteiger partial charge >= 0.3 is 0 Å². The predicted molar refractivity (Wildman–Crippen MR) is 66.1 cm³/mol. The maximum atomic E-state index is 13.0. The molecule has 88 valence electrons. The molecule has 0 bridgehead atoms. The highest BCUT2D eigenvalue weighted by atomic mass is 35.5. The van der Waals surface area contributed by atoms with E-state index >= 15 is 0 Å². The van der Waals surface area contributed by atoms with Crippen LogP contribution in [0.2, 0.25) is 10.0 Å². The topological polar surface area (TPSA) is 63.8 Å². The molecule has 17 heavy (non-hydrogen) atoms. The maximum Gasteiger partial charge on any atom is 0.222 e. The van der Waals surface area contributed by atoms with Crippen molar-refractivity contribution in [3.05, 3.63) is 40.3 Å². The van der Waals surface area contributed by atoms with Gasteiger partial charge in [-0.3, -0.25) is 0 Å². The lowest BCUT2D eigenvalue weighted by Crippen LogP contribution is -2.01. The molecule has 0 saturated carbocycles. The highest BCUT2D eigenvalue weighted by Gasteiger charge is 2.07. The van der Waals surface area contributed by atoms with Gasteiger partial charge in [-0.15, -0.1) is 0 Å². The maximum absolute atomic E-state index is 13.0. The first-order chi connectivity index (χ1) is 8.06. The zero-order valence-electron chi connectivity index (χ0n) is 8.42. The number of halogens is 3. The fraction of sp³-hybridized carbons (Fsp3) is 0. The third kappa shape index (κ3) is 2.75. The van der Waals surface area contributed by atoms with E-state index in [-0.39, 0.29) is 16.8 Å². The molecule has 0 aliphatic rings. The van der Waals surface area contributed by atoms with Crippen LogP contribution in [0, 0.1) is 5.82 Å². The smallest absolute Gasteiger partial charge is 0.222 e. The predicted octanol–water partition coefficient (Wildman–Crippen LogP) is 3.25. The van der Waals surface area contributed by atoms with Gasteiger partial charge in [0.2, 0.25) is 5.95 Å². The van der Waals surface area contributed by atoms with Crippen molar-refractivity contribution >= 4 is 40.7 Å². The lowest BCUT2D eigenvalue weighted by Gasteiger charge is -2.09. The largest absolute Gasteiger partial charge is 0.368 e. The number of aromatic nitrogens is 2. The monoisotopic (exact) mass is 272 g/mol. The Kier molecular flexibility index (Phi) is 3.31. The lowest BCUT2D eigenvalue weighted by atomic mass is 10.3. The van der Waals surface area contributed by atoms with Crippen molar-refractivity contribution in [1.29, 1.82) is 0 Å². The van der Waals surface area contributed by atoms with Crippen molar-refractivity contribution in [2.45, 2.75) is 0 Å². The van der Waals surface area contributed by atoms with Crippen molar-refractivity contribution in [3.8, 4) is 0 Å². The third-order valence-electron chi connectivity index (χ3n) is 1.94. The summed E-state index contributed by atoms with van der Waals surface area (Å²) in [6, 6.07) is 3.91. The Morgan fingerprint density at radius 3 is 2.76 bits per heavy atom. The number of nitrogens with zero attached hydrogens (tertiary/aromatic N) is 2. The van der Waals surface area contributed by atoms with E-state index < -0.39 is 5.82 Å². The number of rotatable bonds is 2. The molecular formula is C10H7Cl2FN4. The Morgan fingerprint density at radius 2 is 2.00 bits per heavy atom. The normalized spacial score (nSPS) is 10.3. The first-order valence-corrected chi connectivity index (χ1v) is 5.32. The van der Waals surface area contributed by atoms with Crippen LogP contribution in [-0.4, -0.2) is 9.97 Å². The van der Waals surface area contributed by atoms with Gasteiger partial charge in [0.1, 0.15) is 10.8 Å². The molecule has 2 aromatic rings. The summed E-state index contributed by atoms with van der Waals surface area (Å²) in [7, 11) is 0. The zero-order valence-corrected chi connectivity index (χ0v) is 9.93. The summed E-state index contributed by atoms with van der Waals surface area (Å²) in [4.78, 5) is 7.59. The van der Waals surface area contributed by atoms with Gasteiger partial charge in [-0.2, -0.15) is 4.98 Å². The van der Waals surface area contributed by atoms with Gasteiger partial charge in [0.05, 0.1) is 16.9 Å². The quantitative estimate of drug-likeness (QED) is 0.881. The molecule has 0 amide bonds. The molecule has 0 saturated heterocycles. The minimum atomic E-state index is -0.421. The molecule has 0 radical (unpaired) electrons. The summed E-state index contributed by atoms with van der Waals surface area (Å²) < 4.78 is 13.0. The van der Waals surface area contributed by atoms with Crippen LogP contribution in [0.4, 0.5) is 21.8 Å². The molecule has 7 heteroatoms. The van der Waals surface area contributed by atoms with Crippen LogP contribution >= 0.6 is 23.2 Å². The molecule has 4 nitrogen and oxygen atoms in total. The van der Waals surface area contributed by atoms with Crippen LogP contribution in [0.5, 0.6) is 0 Å². The Bertz CT molecular complexity index is 512. The van der Waals surface area contributed by atoms with E-state index in [1.165, 1.54) is 24.4 Å². The number of benzene rings is 1. The Labute approximate surface area is 107 Å². The van der Waals surface area contributed by atoms with E-state index in [2.05, 4.69) is 15.3 Å². The van der Waals surface area contributed by atoms with E-state index in [9.17, 15) is 4.39 Å². The Morgan fingerprint density at radius 1 is 1.24 bits per heavy atom. The van der Waals surface area contributed by atoms with E-state index in [0.29, 0.717) is 10.7 Å². The van der Waals surface area contributed by atoms with Crippen LogP contribution in [0.3, 0.4) is 0 Å². The molecule has 2 rings (SSSR count). The van der Waals surface area contributed by atoms with Gasteiger partial charge < -0.3 is 11.1 Å². The van der Waals surface area contributed by atoms with Gasteiger partial charge in [0.15, 0.2) is 5.82 Å². The van der Waals surface area contributed by atoms with Gasteiger partial charge in [-0.05, 0) is 18.2 Å². The second kappa shape index (κ2) is 4.73. The molecule has 0 aliphatic carbocycles. The van der Waals surface area contributed by atoms with Crippen molar-refractivity contribution in [3.63, 3.8) is 0 Å². The van der Waals surface area contributed by atoms with Crippen LogP contribution in [0.25, 0.3) is 0 Å². The SMILES string of the molecule is Nc1ncc(Cl)c(Nc2cc(F)ccc2Cl)n1. The van der Waals surface area contributed by atoms with E-state index in [1.807, 2.05) is 0 Å². The minimum absolute atomic E-state index is 0.0597. The molecule has 0 atom stereocenters. The lowest BCUT2D eigenvalue weighted by molar-refractivity contribution is 0.628. The number of nitrogen functional groups attached to an aromatic ring is 1. The molecule has 0 unspecified atom stereocenters. The van der Waals surface area contributed by atoms with Gasteiger partial charge in [0, 0.05) is 0 Å². The number of hydrogen-bond acceptors (Lipinski definition) is 4. The minimum Gasteiger partial charge on any atom is -0.368 e. The summed E-state index contributed by atoms with van der Waals surface area (Å²) in [6.07, 6.45) is 1.35. The van der Waals surface area contributed by atoms with Crippen molar-refractivity contribution in [2.24, 2.45) is 0 Å². The Balaban J connectivity index is 2.37. The van der Waals surface area contributed by atoms with Crippen molar-refractivity contribution < 1.29 is 4.39 Å². The number of hydrogen-bond donors (Lipinski definition) is 2.